The Hall–Kier alpha value is -2.13. The Kier molecular flexibility index (Phi) is 5.45. The Morgan fingerprint density at radius 1 is 0.917 bits per heavy atom. The maximum absolute atomic E-state index is 13.0. The van der Waals surface area contributed by atoms with Gasteiger partial charge < -0.3 is 4.43 Å². The largest absolute Gasteiger partial charge is 0.516 e. The summed E-state index contributed by atoms with van der Waals surface area (Å²) in [4.78, 5) is 13.0. The lowest BCUT2D eigenvalue weighted by Gasteiger charge is -2.35. The lowest BCUT2D eigenvalue weighted by molar-refractivity contribution is -0.128. The number of benzene rings is 2. The van der Waals surface area contributed by atoms with Gasteiger partial charge in [-0.2, -0.15) is 0 Å². The second-order valence-electron chi connectivity index (χ2n) is 7.48. The molecular weight excluding hydrogens is 312 g/mol. The van der Waals surface area contributed by atoms with Gasteiger partial charge in [-0.15, -0.1) is 0 Å². The van der Waals surface area contributed by atoms with Crippen molar-refractivity contribution in [2.45, 2.75) is 38.9 Å². The molecule has 0 aliphatic rings. The van der Waals surface area contributed by atoms with Gasteiger partial charge in [0.1, 0.15) is 0 Å². The third-order valence-corrected chi connectivity index (χ3v) is 8.88. The van der Waals surface area contributed by atoms with Crippen LogP contribution in [0.2, 0.25) is 18.1 Å². The second-order valence-corrected chi connectivity index (χ2v) is 12.2. The Morgan fingerprint density at radius 3 is 1.92 bits per heavy atom. The fourth-order valence-electron chi connectivity index (χ4n) is 2.03. The summed E-state index contributed by atoms with van der Waals surface area (Å²) in [6, 6.07) is 19.6. The van der Waals surface area contributed by atoms with Gasteiger partial charge in [-0.3, -0.25) is 0 Å². The number of carbonyl (C=O) groups is 1. The molecule has 126 valence electrons. The van der Waals surface area contributed by atoms with E-state index in [4.69, 9.17) is 4.43 Å². The highest BCUT2D eigenvalue weighted by Crippen LogP contribution is 2.37. The van der Waals surface area contributed by atoms with Gasteiger partial charge in [0.25, 0.3) is 8.32 Å². The van der Waals surface area contributed by atoms with E-state index in [1.807, 2.05) is 66.7 Å². The molecule has 0 radical (unpaired) electrons. The van der Waals surface area contributed by atoms with Crippen molar-refractivity contribution in [1.82, 2.24) is 0 Å². The maximum Gasteiger partial charge on any atom is 0.325 e. The Morgan fingerprint density at radius 2 is 1.42 bits per heavy atom. The van der Waals surface area contributed by atoms with Crippen LogP contribution >= 0.6 is 0 Å². The van der Waals surface area contributed by atoms with Gasteiger partial charge in [-0.25, -0.2) is 4.79 Å². The molecule has 2 rings (SSSR count). The second kappa shape index (κ2) is 7.18. The van der Waals surface area contributed by atoms with Gasteiger partial charge in [0, 0.05) is 0 Å². The fraction of sp³-hybridized carbons (Fsp3) is 0.286. The summed E-state index contributed by atoms with van der Waals surface area (Å²) in [5.74, 6) is -0.239. The molecule has 0 aliphatic heterocycles. The molecule has 0 unspecified atom stereocenters. The molecule has 24 heavy (non-hydrogen) atoms. The lowest BCUT2D eigenvalue weighted by Crippen LogP contribution is -2.42. The summed E-state index contributed by atoms with van der Waals surface area (Å²) in [6.07, 6.45) is 1.91. The minimum absolute atomic E-state index is 0.0167. The molecule has 0 saturated carbocycles. The molecule has 0 aliphatic carbocycles. The average Bonchev–Trinajstić information content (AvgIpc) is 2.53. The van der Waals surface area contributed by atoms with Gasteiger partial charge in [0.15, 0.2) is 0 Å². The fourth-order valence-corrected chi connectivity index (χ4v) is 2.91. The molecule has 0 amide bonds. The van der Waals surface area contributed by atoms with Crippen LogP contribution in [0.25, 0.3) is 11.6 Å². The summed E-state index contributed by atoms with van der Waals surface area (Å²) >= 11 is 0. The summed E-state index contributed by atoms with van der Waals surface area (Å²) in [5, 5.41) is -0.0167. The Labute approximate surface area is 146 Å². The molecule has 0 heterocycles. The van der Waals surface area contributed by atoms with Crippen LogP contribution in [-0.2, 0) is 9.22 Å². The van der Waals surface area contributed by atoms with E-state index in [0.717, 1.165) is 11.1 Å². The van der Waals surface area contributed by atoms with Gasteiger partial charge in [0.2, 0.25) is 0 Å². The first-order valence-corrected chi connectivity index (χ1v) is 11.2. The molecule has 3 heteroatoms. The molecule has 2 aromatic carbocycles. The van der Waals surface area contributed by atoms with E-state index in [-0.39, 0.29) is 11.0 Å². The highest BCUT2D eigenvalue weighted by Gasteiger charge is 2.41. The van der Waals surface area contributed by atoms with E-state index >= 15 is 0 Å². The van der Waals surface area contributed by atoms with Crippen LogP contribution in [0.5, 0.6) is 0 Å². The smallest absolute Gasteiger partial charge is 0.325 e. The van der Waals surface area contributed by atoms with Gasteiger partial charge >= 0.3 is 5.97 Å². The first-order valence-electron chi connectivity index (χ1n) is 8.26. The van der Waals surface area contributed by atoms with Crippen molar-refractivity contribution < 1.29 is 9.22 Å². The molecular formula is C21H26O2Si. The van der Waals surface area contributed by atoms with Crippen LogP contribution in [0, 0.1) is 0 Å². The van der Waals surface area contributed by atoms with E-state index in [2.05, 4.69) is 33.9 Å². The third-order valence-electron chi connectivity index (χ3n) is 4.57. The number of hydrogen-bond acceptors (Lipinski definition) is 2. The van der Waals surface area contributed by atoms with Crippen molar-refractivity contribution in [3.8, 4) is 0 Å². The highest BCUT2D eigenvalue weighted by molar-refractivity contribution is 6.76. The van der Waals surface area contributed by atoms with Gasteiger partial charge in [-0.1, -0.05) is 81.4 Å². The zero-order valence-corrected chi connectivity index (χ0v) is 16.2. The average molecular weight is 339 g/mol. The van der Waals surface area contributed by atoms with E-state index in [9.17, 15) is 4.79 Å². The van der Waals surface area contributed by atoms with Crippen LogP contribution in [-0.4, -0.2) is 14.3 Å². The molecule has 2 aromatic rings. The van der Waals surface area contributed by atoms with Crippen molar-refractivity contribution in [2.24, 2.45) is 0 Å². The van der Waals surface area contributed by atoms with Crippen molar-refractivity contribution in [3.63, 3.8) is 0 Å². The molecule has 0 saturated heterocycles. The molecule has 0 bridgehead atoms. The van der Waals surface area contributed by atoms with Crippen molar-refractivity contribution in [1.29, 1.82) is 0 Å². The first-order chi connectivity index (χ1) is 11.2. The first kappa shape index (κ1) is 18.2. The van der Waals surface area contributed by atoms with Crippen molar-refractivity contribution in [2.75, 3.05) is 0 Å². The molecule has 0 aromatic heterocycles. The van der Waals surface area contributed by atoms with Crippen LogP contribution in [0.15, 0.2) is 60.7 Å². The molecule has 0 spiro atoms. The predicted octanol–water partition coefficient (Wildman–Crippen LogP) is 5.78. The SMILES string of the molecule is CC(C)(C)[Si](C)(C)OC(=O)/C(=C/c1ccccc1)c1ccccc1. The summed E-state index contributed by atoms with van der Waals surface area (Å²) in [7, 11) is -2.17. The third kappa shape index (κ3) is 4.45. The standard InChI is InChI=1S/C21H26O2Si/c1-21(2,3)24(4,5)23-20(22)19(18-14-10-7-11-15-18)16-17-12-8-6-9-13-17/h6-16H,1-5H3/b19-16+. The highest BCUT2D eigenvalue weighted by atomic mass is 28.4. The monoisotopic (exact) mass is 338 g/mol. The molecule has 0 atom stereocenters. The minimum Gasteiger partial charge on any atom is -0.516 e. The summed E-state index contributed by atoms with van der Waals surface area (Å²) < 4.78 is 6.02. The number of rotatable bonds is 4. The number of carbonyl (C=O) groups excluding carboxylic acids is 1. The normalized spacial score (nSPS) is 12.8. The number of hydrogen-bond donors (Lipinski definition) is 0. The lowest BCUT2D eigenvalue weighted by atomic mass is 10.0. The Balaban J connectivity index is 2.41. The van der Waals surface area contributed by atoms with Crippen LogP contribution in [0.3, 0.4) is 0 Å². The van der Waals surface area contributed by atoms with E-state index in [0.29, 0.717) is 5.57 Å². The van der Waals surface area contributed by atoms with Crippen molar-refractivity contribution in [3.05, 3.63) is 71.8 Å². The van der Waals surface area contributed by atoms with Crippen LogP contribution in [0.4, 0.5) is 0 Å². The molecule has 0 N–H and O–H groups in total. The van der Waals surface area contributed by atoms with Gasteiger partial charge in [-0.05, 0) is 35.3 Å². The molecule has 2 nitrogen and oxygen atoms in total. The van der Waals surface area contributed by atoms with Crippen LogP contribution < -0.4 is 0 Å². The quantitative estimate of drug-likeness (QED) is 0.401. The maximum atomic E-state index is 13.0. The zero-order chi connectivity index (χ0) is 17.8. The summed E-state index contributed by atoms with van der Waals surface area (Å²) in [5.41, 5.74) is 2.47. The predicted molar refractivity (Wildman–Crippen MR) is 104 cm³/mol. The van der Waals surface area contributed by atoms with Crippen LogP contribution in [0.1, 0.15) is 31.9 Å². The zero-order valence-electron chi connectivity index (χ0n) is 15.2. The van der Waals surface area contributed by atoms with E-state index in [1.165, 1.54) is 0 Å². The Bertz CT molecular complexity index is 711. The van der Waals surface area contributed by atoms with Gasteiger partial charge in [0.05, 0.1) is 5.57 Å². The van der Waals surface area contributed by atoms with Crippen molar-refractivity contribution >= 4 is 25.9 Å². The molecule has 0 fully saturated rings. The summed E-state index contributed by atoms with van der Waals surface area (Å²) in [6.45, 7) is 10.6. The van der Waals surface area contributed by atoms with E-state index in [1.54, 1.807) is 0 Å². The topological polar surface area (TPSA) is 26.3 Å². The minimum atomic E-state index is -2.17. The van der Waals surface area contributed by atoms with E-state index < -0.39 is 8.32 Å².